The van der Waals surface area contributed by atoms with Crippen LogP contribution in [0.5, 0.6) is 0 Å². The number of thiophene rings is 1. The molecule has 9 heteroatoms. The van der Waals surface area contributed by atoms with Crippen LogP contribution in [0.3, 0.4) is 0 Å². The first-order valence-electron chi connectivity index (χ1n) is 8.92. The molecule has 1 aliphatic rings. The molecule has 1 amide bonds. The molecule has 0 saturated carbocycles. The van der Waals surface area contributed by atoms with Gasteiger partial charge in [0.15, 0.2) is 5.84 Å². The fraction of sp³-hybridized carbons (Fsp3) is 0.200. The van der Waals surface area contributed by atoms with Gasteiger partial charge in [-0.3, -0.25) is 4.79 Å². The number of benzene rings is 1. The van der Waals surface area contributed by atoms with Crippen molar-refractivity contribution in [3.05, 3.63) is 76.4 Å². The van der Waals surface area contributed by atoms with Crippen molar-refractivity contribution in [2.75, 3.05) is 13.6 Å². The van der Waals surface area contributed by atoms with E-state index in [1.54, 1.807) is 58.7 Å². The van der Waals surface area contributed by atoms with Gasteiger partial charge in [0, 0.05) is 17.5 Å². The molecule has 7 nitrogen and oxygen atoms in total. The van der Waals surface area contributed by atoms with Gasteiger partial charge in [-0.2, -0.15) is 8.42 Å². The fourth-order valence-electron chi connectivity index (χ4n) is 3.16. The number of furan rings is 1. The van der Waals surface area contributed by atoms with E-state index >= 15 is 0 Å². The number of rotatable bonds is 6. The third-order valence-electron chi connectivity index (χ3n) is 4.55. The van der Waals surface area contributed by atoms with Crippen molar-refractivity contribution >= 4 is 33.1 Å². The number of likely N-dealkylation sites (N-methyl/N-ethyl adjacent to an activating group) is 1. The maximum atomic E-state index is 13.1. The van der Waals surface area contributed by atoms with Gasteiger partial charge < -0.3 is 14.2 Å². The maximum Gasteiger partial charge on any atom is 0.285 e. The first kappa shape index (κ1) is 19.4. The molecule has 2 aromatic heterocycles. The number of amides is 1. The molecule has 0 radical (unpaired) electrons. The first-order valence-corrected chi connectivity index (χ1v) is 11.2. The quantitative estimate of drug-likeness (QED) is 0.602. The van der Waals surface area contributed by atoms with E-state index in [1.807, 2.05) is 23.6 Å². The number of hydrogen-bond acceptors (Lipinski definition) is 6. The molecule has 1 aromatic carbocycles. The highest BCUT2D eigenvalue weighted by Crippen LogP contribution is 2.27. The Hall–Kier alpha value is -2.91. The fourth-order valence-corrected chi connectivity index (χ4v) is 5.13. The minimum absolute atomic E-state index is 0.00519. The van der Waals surface area contributed by atoms with Crippen LogP contribution in [0.25, 0.3) is 0 Å². The molecule has 1 aliphatic heterocycles. The smallest absolute Gasteiger partial charge is 0.285 e. The van der Waals surface area contributed by atoms with Crippen LogP contribution in [0.15, 0.2) is 73.9 Å². The molecule has 0 aliphatic carbocycles. The molecule has 0 spiro atoms. The Balaban J connectivity index is 1.54. The largest absolute Gasteiger partial charge is 0.467 e. The Labute approximate surface area is 173 Å². The average Bonchev–Trinajstić information content (AvgIpc) is 3.43. The highest BCUT2D eigenvalue weighted by molar-refractivity contribution is 7.90. The molecular weight excluding hydrogens is 410 g/mol. The molecule has 0 fully saturated rings. The molecule has 3 aromatic rings. The van der Waals surface area contributed by atoms with Crippen molar-refractivity contribution in [1.29, 1.82) is 0 Å². The summed E-state index contributed by atoms with van der Waals surface area (Å²) in [5, 5.41) is 1.96. The lowest BCUT2D eigenvalue weighted by Crippen LogP contribution is -2.40. The summed E-state index contributed by atoms with van der Waals surface area (Å²) in [4.78, 5) is 17.6. The summed E-state index contributed by atoms with van der Waals surface area (Å²) in [6.45, 7) is 0.778. The number of carbonyl (C=O) groups is 1. The number of amidine groups is 1. The third-order valence-corrected chi connectivity index (χ3v) is 6.74. The Morgan fingerprint density at radius 2 is 1.93 bits per heavy atom. The van der Waals surface area contributed by atoms with E-state index in [0.717, 1.165) is 4.88 Å². The first-order chi connectivity index (χ1) is 13.9. The second-order valence-corrected chi connectivity index (χ2v) is 9.26. The van der Waals surface area contributed by atoms with Gasteiger partial charge in [0.1, 0.15) is 10.7 Å². The van der Waals surface area contributed by atoms with Crippen molar-refractivity contribution in [3.63, 3.8) is 0 Å². The molecule has 0 unspecified atom stereocenters. The second-order valence-electron chi connectivity index (χ2n) is 6.65. The highest BCUT2D eigenvalue weighted by atomic mass is 32.2. The molecule has 0 N–H and O–H groups in total. The van der Waals surface area contributed by atoms with Gasteiger partial charge in [0.05, 0.1) is 25.9 Å². The number of hydrogen-bond donors (Lipinski definition) is 0. The molecule has 150 valence electrons. The summed E-state index contributed by atoms with van der Waals surface area (Å²) in [7, 11) is -2.06. The van der Waals surface area contributed by atoms with Crippen LogP contribution < -0.4 is 0 Å². The molecule has 0 bridgehead atoms. The number of fused-ring (bicyclic) bond motifs is 1. The molecule has 0 atom stereocenters. The summed E-state index contributed by atoms with van der Waals surface area (Å²) in [6, 6.07) is 14.2. The van der Waals surface area contributed by atoms with Crippen molar-refractivity contribution in [1.82, 2.24) is 9.80 Å². The molecular formula is C20H19N3O4S2. The Bertz CT molecular complexity index is 1100. The summed E-state index contributed by atoms with van der Waals surface area (Å²) in [5.74, 6) is 0.813. The Morgan fingerprint density at radius 1 is 1.10 bits per heavy atom. The van der Waals surface area contributed by atoms with Gasteiger partial charge >= 0.3 is 0 Å². The predicted octanol–water partition coefficient (Wildman–Crippen LogP) is 2.95. The van der Waals surface area contributed by atoms with Crippen LogP contribution in [-0.2, 0) is 27.9 Å². The monoisotopic (exact) mass is 429 g/mol. The minimum atomic E-state index is -3.73. The zero-order valence-corrected chi connectivity index (χ0v) is 17.3. The van der Waals surface area contributed by atoms with E-state index in [1.165, 1.54) is 6.07 Å². The number of sulfonamides is 1. The van der Waals surface area contributed by atoms with Crippen LogP contribution >= 0.6 is 11.3 Å². The minimum Gasteiger partial charge on any atom is -0.467 e. The zero-order chi connectivity index (χ0) is 20.4. The lowest BCUT2D eigenvalue weighted by Gasteiger charge is -2.25. The van der Waals surface area contributed by atoms with E-state index in [-0.39, 0.29) is 23.2 Å². The molecule has 3 heterocycles. The van der Waals surface area contributed by atoms with E-state index in [9.17, 15) is 13.2 Å². The van der Waals surface area contributed by atoms with Gasteiger partial charge in [0.25, 0.3) is 10.0 Å². The van der Waals surface area contributed by atoms with Crippen LogP contribution in [0.1, 0.15) is 16.2 Å². The van der Waals surface area contributed by atoms with Crippen LogP contribution in [0.2, 0.25) is 0 Å². The van der Waals surface area contributed by atoms with Crippen LogP contribution in [-0.4, -0.2) is 43.6 Å². The zero-order valence-electron chi connectivity index (χ0n) is 15.7. The van der Waals surface area contributed by atoms with Gasteiger partial charge in [-0.15, -0.1) is 15.7 Å². The van der Waals surface area contributed by atoms with E-state index in [2.05, 4.69) is 4.40 Å². The molecule has 29 heavy (non-hydrogen) atoms. The standard InChI is InChI=1S/C20H19N3O4S2/c1-22(20-17-8-2-3-9-18(17)29(25,26)21-20)14-19(24)23(12-15-6-4-10-27-15)13-16-7-5-11-28-16/h2-11H,12-14H2,1H3. The Morgan fingerprint density at radius 3 is 2.66 bits per heavy atom. The van der Waals surface area contributed by atoms with Crippen molar-refractivity contribution < 1.29 is 17.6 Å². The van der Waals surface area contributed by atoms with E-state index < -0.39 is 10.0 Å². The van der Waals surface area contributed by atoms with Gasteiger partial charge in [0.2, 0.25) is 5.91 Å². The topological polar surface area (TPSA) is 83.2 Å². The van der Waals surface area contributed by atoms with Gasteiger partial charge in [-0.05, 0) is 35.7 Å². The SMILES string of the molecule is CN(CC(=O)N(Cc1ccco1)Cc1cccs1)C1=NS(=O)(=O)c2ccccc21. The molecule has 4 rings (SSSR count). The predicted molar refractivity (Wildman–Crippen MR) is 110 cm³/mol. The third kappa shape index (κ3) is 4.10. The van der Waals surface area contributed by atoms with Crippen LogP contribution in [0.4, 0.5) is 0 Å². The summed E-state index contributed by atoms with van der Waals surface area (Å²) >= 11 is 1.57. The average molecular weight is 430 g/mol. The number of carbonyl (C=O) groups excluding carboxylic acids is 1. The van der Waals surface area contributed by atoms with Gasteiger partial charge in [-0.25, -0.2) is 0 Å². The van der Waals surface area contributed by atoms with E-state index in [0.29, 0.717) is 24.4 Å². The lowest BCUT2D eigenvalue weighted by atomic mass is 10.2. The second kappa shape index (κ2) is 7.84. The van der Waals surface area contributed by atoms with Crippen LogP contribution in [0, 0.1) is 0 Å². The van der Waals surface area contributed by atoms with Crippen molar-refractivity contribution in [3.8, 4) is 0 Å². The van der Waals surface area contributed by atoms with E-state index in [4.69, 9.17) is 4.42 Å². The van der Waals surface area contributed by atoms with Gasteiger partial charge in [-0.1, -0.05) is 18.2 Å². The summed E-state index contributed by atoms with van der Waals surface area (Å²) in [5.41, 5.74) is 0.513. The Kier molecular flexibility index (Phi) is 5.25. The summed E-state index contributed by atoms with van der Waals surface area (Å²) in [6.07, 6.45) is 1.57. The molecule has 0 saturated heterocycles. The normalized spacial score (nSPS) is 14.3. The van der Waals surface area contributed by atoms with Crippen molar-refractivity contribution in [2.24, 2.45) is 4.40 Å². The lowest BCUT2D eigenvalue weighted by molar-refractivity contribution is -0.132. The number of nitrogens with zero attached hydrogens (tertiary/aromatic N) is 3. The maximum absolute atomic E-state index is 13.1. The highest BCUT2D eigenvalue weighted by Gasteiger charge is 2.31. The van der Waals surface area contributed by atoms with Crippen molar-refractivity contribution in [2.45, 2.75) is 18.0 Å². The summed E-state index contributed by atoms with van der Waals surface area (Å²) < 4.78 is 33.9.